The van der Waals surface area contributed by atoms with Crippen LogP contribution in [0.1, 0.15) is 12.5 Å². The smallest absolute Gasteiger partial charge is 0.343 e. The second kappa shape index (κ2) is 7.60. The van der Waals surface area contributed by atoms with E-state index in [-0.39, 0.29) is 18.6 Å². The molecule has 2 rings (SSSR count). The molecule has 0 aliphatic carbocycles. The second-order valence-corrected chi connectivity index (χ2v) is 4.67. The van der Waals surface area contributed by atoms with Crippen LogP contribution in [0.3, 0.4) is 0 Å². The third-order valence-corrected chi connectivity index (χ3v) is 3.01. The van der Waals surface area contributed by atoms with E-state index < -0.39 is 40.3 Å². The molecule has 132 valence electrons. The van der Waals surface area contributed by atoms with Crippen LogP contribution in [-0.2, 0) is 16.6 Å². The molecule has 0 spiro atoms. The van der Waals surface area contributed by atoms with Gasteiger partial charge in [0.15, 0.2) is 11.6 Å². The molecule has 0 radical (unpaired) electrons. The summed E-state index contributed by atoms with van der Waals surface area (Å²) < 4.78 is 46.3. The van der Waals surface area contributed by atoms with Crippen molar-refractivity contribution in [3.8, 4) is 0 Å². The molecular formula is C15H13F3N4O3. The average Bonchev–Trinajstić information content (AvgIpc) is 2.96. The molecule has 0 unspecified atom stereocenters. The Labute approximate surface area is 140 Å². The molecule has 25 heavy (non-hydrogen) atoms. The van der Waals surface area contributed by atoms with E-state index in [1.165, 1.54) is 25.0 Å². The number of ether oxygens (including phenoxy) is 1. The van der Waals surface area contributed by atoms with Gasteiger partial charge >= 0.3 is 5.97 Å². The molecular weight excluding hydrogens is 341 g/mol. The summed E-state index contributed by atoms with van der Waals surface area (Å²) in [5.74, 6) is -5.99. The second-order valence-electron chi connectivity index (χ2n) is 4.67. The van der Waals surface area contributed by atoms with Crippen molar-refractivity contribution >= 4 is 23.9 Å². The molecule has 0 saturated carbocycles. The number of rotatable bonds is 5. The molecule has 1 aromatic carbocycles. The van der Waals surface area contributed by atoms with Crippen LogP contribution >= 0.6 is 0 Å². The fourth-order valence-corrected chi connectivity index (χ4v) is 1.80. The van der Waals surface area contributed by atoms with Gasteiger partial charge < -0.3 is 9.84 Å². The number of aliphatic hydroxyl groups is 1. The normalized spacial score (nSPS) is 12.4. The van der Waals surface area contributed by atoms with Crippen LogP contribution in [0.2, 0.25) is 0 Å². The Balaban J connectivity index is 2.55. The first-order valence-corrected chi connectivity index (χ1v) is 6.98. The summed E-state index contributed by atoms with van der Waals surface area (Å²) in [5, 5.41) is 13.9. The number of benzene rings is 1. The highest BCUT2D eigenvalue weighted by Gasteiger charge is 2.21. The van der Waals surface area contributed by atoms with Gasteiger partial charge in [0.25, 0.3) is 0 Å². The van der Waals surface area contributed by atoms with E-state index in [0.29, 0.717) is 6.07 Å². The number of aliphatic imine (C=N–C) groups is 1. The van der Waals surface area contributed by atoms with E-state index in [4.69, 9.17) is 4.74 Å². The lowest BCUT2D eigenvalue weighted by molar-refractivity contribution is -0.137. The predicted octanol–water partition coefficient (Wildman–Crippen LogP) is 2.47. The van der Waals surface area contributed by atoms with Gasteiger partial charge in [0, 0.05) is 19.3 Å². The topological polar surface area (TPSA) is 89.6 Å². The van der Waals surface area contributed by atoms with E-state index in [2.05, 4.69) is 15.1 Å². The minimum absolute atomic E-state index is 0.0341. The first-order valence-electron chi connectivity index (χ1n) is 6.98. The van der Waals surface area contributed by atoms with Crippen molar-refractivity contribution in [3.05, 3.63) is 47.0 Å². The van der Waals surface area contributed by atoms with Gasteiger partial charge in [0.2, 0.25) is 5.95 Å². The van der Waals surface area contributed by atoms with Gasteiger partial charge in [-0.3, -0.25) is 0 Å². The molecule has 0 bridgehead atoms. The molecule has 0 fully saturated rings. The number of hydrogen-bond donors (Lipinski definition) is 1. The summed E-state index contributed by atoms with van der Waals surface area (Å²) in [6.07, 6.45) is 2.08. The first-order chi connectivity index (χ1) is 11.8. The molecule has 7 nitrogen and oxygen atoms in total. The Morgan fingerprint density at radius 1 is 1.32 bits per heavy atom. The Kier molecular flexibility index (Phi) is 5.52. The molecule has 1 N–H and O–H groups in total. The van der Waals surface area contributed by atoms with E-state index in [9.17, 15) is 23.1 Å². The van der Waals surface area contributed by atoms with Crippen LogP contribution < -0.4 is 0 Å². The largest absolute Gasteiger partial charge is 0.506 e. The summed E-state index contributed by atoms with van der Waals surface area (Å²) in [4.78, 5) is 19.6. The molecule has 0 aliphatic rings. The first kappa shape index (κ1) is 18.2. The third-order valence-electron chi connectivity index (χ3n) is 3.01. The Morgan fingerprint density at radius 2 is 2.00 bits per heavy atom. The summed E-state index contributed by atoms with van der Waals surface area (Å²) >= 11 is 0. The quantitative estimate of drug-likeness (QED) is 0.293. The zero-order valence-electron chi connectivity index (χ0n) is 13.2. The zero-order valence-corrected chi connectivity index (χ0v) is 13.2. The van der Waals surface area contributed by atoms with Gasteiger partial charge in [-0.15, -0.1) is 0 Å². The lowest BCUT2D eigenvalue weighted by atomic mass is 10.1. The molecule has 0 saturated heterocycles. The number of aliphatic hydroxyl groups excluding tert-OH is 1. The number of halogens is 3. The summed E-state index contributed by atoms with van der Waals surface area (Å²) in [6.45, 7) is 1.48. The van der Waals surface area contributed by atoms with Gasteiger partial charge in [-0.25, -0.2) is 27.6 Å². The van der Waals surface area contributed by atoms with Crippen molar-refractivity contribution in [1.82, 2.24) is 14.8 Å². The highest BCUT2D eigenvalue weighted by molar-refractivity contribution is 6.15. The summed E-state index contributed by atoms with van der Waals surface area (Å²) in [6, 6.07) is 0.679. The lowest BCUT2D eigenvalue weighted by Gasteiger charge is -2.08. The number of carbonyl (C=O) groups is 1. The standard InChI is InChI=1S/C15H13F3N4O3/c1-3-25-14(24)9(6-19-15-20-7-21-22(15)2)13(23)8-4-11(17)12(18)5-10(8)16/h4-7,23H,3H2,1-2H3. The van der Waals surface area contributed by atoms with Crippen molar-refractivity contribution in [2.45, 2.75) is 6.92 Å². The van der Waals surface area contributed by atoms with Crippen LogP contribution in [0.15, 0.2) is 29.0 Å². The van der Waals surface area contributed by atoms with Gasteiger partial charge in [0.1, 0.15) is 23.5 Å². The molecule has 1 heterocycles. The number of nitrogens with zero attached hydrogens (tertiary/aromatic N) is 4. The van der Waals surface area contributed by atoms with E-state index in [0.717, 1.165) is 6.21 Å². The van der Waals surface area contributed by atoms with E-state index in [1.54, 1.807) is 0 Å². The summed E-state index contributed by atoms with van der Waals surface area (Å²) in [5.41, 5.74) is -1.28. The maximum absolute atomic E-state index is 13.8. The van der Waals surface area contributed by atoms with Gasteiger partial charge in [-0.05, 0) is 13.0 Å². The Morgan fingerprint density at radius 3 is 2.60 bits per heavy atom. The number of hydrogen-bond acceptors (Lipinski definition) is 6. The van der Waals surface area contributed by atoms with E-state index in [1.807, 2.05) is 0 Å². The number of aromatic nitrogens is 3. The zero-order chi connectivity index (χ0) is 18.6. The van der Waals surface area contributed by atoms with Crippen molar-refractivity contribution in [2.75, 3.05) is 6.61 Å². The minimum atomic E-state index is -1.43. The SMILES string of the molecule is CCOC(=O)C(C=Nc1ncnn1C)=C(O)c1cc(F)c(F)cc1F. The van der Waals surface area contributed by atoms with Crippen LogP contribution in [0.25, 0.3) is 5.76 Å². The van der Waals surface area contributed by atoms with Gasteiger partial charge in [-0.2, -0.15) is 10.1 Å². The predicted molar refractivity (Wildman–Crippen MR) is 81.7 cm³/mol. The minimum Gasteiger partial charge on any atom is -0.506 e. The summed E-state index contributed by atoms with van der Waals surface area (Å²) in [7, 11) is 1.53. The number of carbonyl (C=O) groups excluding carboxylic acids is 1. The third kappa shape index (κ3) is 4.03. The molecule has 2 aromatic rings. The maximum Gasteiger partial charge on any atom is 0.343 e. The van der Waals surface area contributed by atoms with Gasteiger partial charge in [-0.1, -0.05) is 0 Å². The lowest BCUT2D eigenvalue weighted by Crippen LogP contribution is -2.12. The van der Waals surface area contributed by atoms with Crippen LogP contribution in [0.4, 0.5) is 19.1 Å². The van der Waals surface area contributed by atoms with Crippen molar-refractivity contribution in [1.29, 1.82) is 0 Å². The highest BCUT2D eigenvalue weighted by atomic mass is 19.2. The number of aryl methyl sites for hydroxylation is 1. The highest BCUT2D eigenvalue weighted by Crippen LogP contribution is 2.23. The molecule has 0 atom stereocenters. The fraction of sp³-hybridized carbons (Fsp3) is 0.200. The maximum atomic E-state index is 13.8. The van der Waals surface area contributed by atoms with Crippen LogP contribution in [-0.4, -0.2) is 38.7 Å². The molecule has 1 aromatic heterocycles. The molecule has 0 amide bonds. The van der Waals surface area contributed by atoms with Gasteiger partial charge in [0.05, 0.1) is 12.2 Å². The Bertz CT molecular complexity index is 862. The molecule has 0 aliphatic heterocycles. The van der Waals surface area contributed by atoms with Crippen molar-refractivity contribution in [2.24, 2.45) is 12.0 Å². The van der Waals surface area contributed by atoms with E-state index >= 15 is 0 Å². The molecule has 10 heteroatoms. The van der Waals surface area contributed by atoms with Crippen LogP contribution in [0, 0.1) is 17.5 Å². The van der Waals surface area contributed by atoms with Crippen molar-refractivity contribution in [3.63, 3.8) is 0 Å². The Hall–Kier alpha value is -3.17. The monoisotopic (exact) mass is 354 g/mol. The van der Waals surface area contributed by atoms with Crippen molar-refractivity contribution < 1.29 is 27.8 Å². The number of esters is 1. The average molecular weight is 354 g/mol. The van der Waals surface area contributed by atoms with Crippen LogP contribution in [0.5, 0.6) is 0 Å². The fourth-order valence-electron chi connectivity index (χ4n) is 1.80.